The lowest BCUT2D eigenvalue weighted by Crippen LogP contribution is -2.37. The number of hydrogen-bond acceptors (Lipinski definition) is 28. The predicted molar refractivity (Wildman–Crippen MR) is 638 cm³/mol. The molecule has 6 rings (SSSR count). The Balaban J connectivity index is -0.000000142. The van der Waals surface area contributed by atoms with E-state index in [4.69, 9.17) is 97.3 Å². The molecule has 9 unspecified atom stereocenters. The van der Waals surface area contributed by atoms with Gasteiger partial charge in [0, 0.05) is 279 Å². The van der Waals surface area contributed by atoms with Gasteiger partial charge in [0.2, 0.25) is 0 Å². The number of aliphatic hydroxyl groups excluding tert-OH is 8. The molecule has 9 atom stereocenters. The van der Waals surface area contributed by atoms with E-state index in [0.717, 1.165) is 124 Å². The molecule has 42 heteroatoms. The van der Waals surface area contributed by atoms with Crippen LogP contribution in [0.1, 0.15) is 198 Å². The van der Waals surface area contributed by atoms with Crippen LogP contribution in [0, 0.1) is 5.92 Å². The van der Waals surface area contributed by atoms with Crippen LogP contribution in [0.5, 0.6) is 0 Å². The molecule has 0 bridgehead atoms. The van der Waals surface area contributed by atoms with Crippen LogP contribution in [0.4, 0.5) is 0 Å². The number of methoxy groups -OCH3 is 4. The molecule has 838 valence electrons. The lowest BCUT2D eigenvalue weighted by molar-refractivity contribution is -0.162. The molecule has 3 aromatic rings. The Bertz CT molecular complexity index is 2600. The standard InChI is InChI=1S/C10H20O3Si.C8H18O2Si.C8H20OSi.C7H16O2Si.C7H18OSi.3C6H16O3Si.C6H16O2Si.3C6H8Si.C5H14O2Si.C5H12O2Si.C3H6O2.C2H6O.CH4O/c1-7(11)13-10-6-8(4-5-14)2-3-9(10)12;11-7-3-6-10-8-4-1-2-5-9-8;1-4-8(2,3)9-6-5-7-10;10-6-2-5-9-7-3-1-4-8-7;1-7(2,3)8-5-4-6-9;3*7-4-6(8)5-9-2-1-3-10;1-6(7-2)8-4-3-5-9;3*7-6-4-2-1-3-5-6;1-6-5-7-3-2-4-8;1-5(6)7-3-2-4-8;1-3(4)5-2;1-3-2;1-2/h8-10,12H,2-6H2,1,14H3;8H,1-7H2,11H3;4-7H2,1-3,10H3;7H,1-6H2,10H3;4-6H2,1-3,9H3;3*6-8H,1-5H2,10H3;6H,3-5H2,1-2,9H3;3*1-5H,7H3;2-5H2,1,8H3;2-4H2,1,8H3;1-2H3;1-2H3;2H,1H3. The summed E-state index contributed by atoms with van der Waals surface area (Å²) in [6.07, 6.45) is 19.9. The SMILES string of the molecule is CC(=O)OC1CC(CC[SiH3])CCC1O.CC(=O)OCCC[SiH3].CC(C)(C)OCCC[SiH3].CCC(C)(C)OCCC[SiH3].CO.COC.COC(C)=O.COC(C)OCCC[SiH3].COCOCCC[SiH3].OCC(O)COCCC[SiH3].OCC(O)COCCC[SiH3].OCC(O)COCCC[SiH3].[SiH3]CCCOC1CCCCO1.[SiH3]CCCOC1CCCO1.[SiH3]c1ccccc1.[SiH3]c1ccccc1.[SiH3]c1ccccc1. The average Bonchev–Trinajstić information content (AvgIpc) is 1.08. The zero-order valence-corrected chi connectivity index (χ0v) is 123. The van der Waals surface area contributed by atoms with Crippen molar-refractivity contribution in [3.8, 4) is 0 Å². The van der Waals surface area contributed by atoms with E-state index in [0.29, 0.717) is 39.1 Å². The average molecular weight is 2240 g/mol. The normalized spacial score (nSPS) is 15.6. The Hall–Kier alpha value is -1.77. The largest absolute Gasteiger partial charge is 0.469 e. The van der Waals surface area contributed by atoms with Crippen molar-refractivity contribution in [2.45, 2.75) is 325 Å². The third kappa shape index (κ3) is 159. The number of esters is 3. The lowest BCUT2D eigenvalue weighted by atomic mass is 9.84. The fourth-order valence-corrected chi connectivity index (χ4v) is 14.8. The summed E-state index contributed by atoms with van der Waals surface area (Å²) in [5.74, 6) is -0.0362. The smallest absolute Gasteiger partial charge is 0.302 e. The van der Waals surface area contributed by atoms with Gasteiger partial charge in [0.25, 0.3) is 0 Å². The topological polar surface area (TPSA) is 370 Å². The summed E-state index contributed by atoms with van der Waals surface area (Å²) in [6, 6.07) is 45.7. The second-order valence-electron chi connectivity index (χ2n) is 34.8. The third-order valence-electron chi connectivity index (χ3n) is 18.8. The van der Waals surface area contributed by atoms with Gasteiger partial charge in [-0.25, -0.2) is 0 Å². The molecule has 2 heterocycles. The first kappa shape index (κ1) is 161. The van der Waals surface area contributed by atoms with E-state index >= 15 is 0 Å². The molecule has 3 aromatic carbocycles. The summed E-state index contributed by atoms with van der Waals surface area (Å²) in [4.78, 5) is 30.5. The molecule has 0 amide bonds. The van der Waals surface area contributed by atoms with Gasteiger partial charge in [-0.1, -0.05) is 186 Å². The van der Waals surface area contributed by atoms with E-state index in [9.17, 15) is 19.5 Å². The van der Waals surface area contributed by atoms with Crippen LogP contribution in [0.3, 0.4) is 0 Å². The first-order valence-electron chi connectivity index (χ1n) is 52.4. The molecule has 140 heavy (non-hydrogen) atoms. The molecule has 0 spiro atoms. The maximum Gasteiger partial charge on any atom is 0.302 e. The highest BCUT2D eigenvalue weighted by atomic mass is 28.2. The minimum atomic E-state index is -0.700. The molecule has 0 radical (unpaired) electrons. The van der Waals surface area contributed by atoms with Crippen molar-refractivity contribution < 1.29 is 136 Å². The molecule has 8 N–H and O–H groups in total. The molecule has 0 aromatic heterocycles. The van der Waals surface area contributed by atoms with Crippen molar-refractivity contribution in [2.24, 2.45) is 5.92 Å². The second-order valence-corrected chi connectivity index (χ2v) is 49.2. The fraction of sp³-hybridized carbons (Fsp3) is 0.786. The van der Waals surface area contributed by atoms with Gasteiger partial charge in [-0.15, -0.1) is 0 Å². The van der Waals surface area contributed by atoms with Crippen LogP contribution in [0.15, 0.2) is 91.0 Å². The van der Waals surface area contributed by atoms with Crippen molar-refractivity contribution in [1.29, 1.82) is 0 Å². The van der Waals surface area contributed by atoms with Gasteiger partial charge in [-0.05, 0) is 163 Å². The Morgan fingerprint density at radius 3 is 1.05 bits per heavy atom. The zero-order chi connectivity index (χ0) is 109. The minimum Gasteiger partial charge on any atom is -0.469 e. The molecule has 1 saturated carbocycles. The van der Waals surface area contributed by atoms with Crippen LogP contribution in [0.25, 0.3) is 0 Å². The second kappa shape index (κ2) is 135. The van der Waals surface area contributed by atoms with Gasteiger partial charge in [-0.2, -0.15) is 0 Å². The van der Waals surface area contributed by atoms with E-state index in [1.54, 1.807) is 28.4 Å². The molecular formula is C98H222O28Si14. The number of carbonyl (C=O) groups is 3. The summed E-state index contributed by atoms with van der Waals surface area (Å²) in [5.41, 5.74) is 0.174. The molecule has 28 nitrogen and oxygen atoms in total. The zero-order valence-electron chi connectivity index (χ0n) is 95.0. The monoisotopic (exact) mass is 2240 g/mol. The molecule has 2 saturated heterocycles. The van der Waals surface area contributed by atoms with Crippen molar-refractivity contribution in [2.75, 3.05) is 168 Å². The Morgan fingerprint density at radius 2 is 0.771 bits per heavy atom. The van der Waals surface area contributed by atoms with E-state index in [1.807, 2.05) is 25.1 Å². The summed E-state index contributed by atoms with van der Waals surface area (Å²) in [7, 11) is 26.3. The molecule has 3 aliphatic rings. The van der Waals surface area contributed by atoms with Crippen molar-refractivity contribution in [3.63, 3.8) is 0 Å². The highest BCUT2D eigenvalue weighted by Crippen LogP contribution is 2.30. The first-order valence-corrected chi connectivity index (χ1v) is 71.0. The predicted octanol–water partition coefficient (Wildman–Crippen LogP) is -2.04. The molecule has 3 fully saturated rings. The number of benzene rings is 3. The summed E-state index contributed by atoms with van der Waals surface area (Å²) < 4.78 is 85.9. The highest BCUT2D eigenvalue weighted by molar-refractivity contribution is 6.32. The third-order valence-corrected chi connectivity index (χ3v) is 28.5. The van der Waals surface area contributed by atoms with Crippen molar-refractivity contribution in [3.05, 3.63) is 91.0 Å². The Kier molecular flexibility index (Phi) is 155. The van der Waals surface area contributed by atoms with Gasteiger partial charge >= 0.3 is 17.9 Å². The number of hydrogen-bond donors (Lipinski definition) is 8. The Labute approximate surface area is 896 Å². The number of carbonyl (C=O) groups excluding carboxylic acids is 3. The Morgan fingerprint density at radius 1 is 0.436 bits per heavy atom. The summed E-state index contributed by atoms with van der Waals surface area (Å²) >= 11 is 0. The van der Waals surface area contributed by atoms with Gasteiger partial charge in [0.1, 0.15) is 31.2 Å². The van der Waals surface area contributed by atoms with Crippen molar-refractivity contribution >= 4 is 177 Å². The van der Waals surface area contributed by atoms with Gasteiger partial charge in [0.15, 0.2) is 18.9 Å². The molecule has 2 aliphatic heterocycles. The van der Waals surface area contributed by atoms with Gasteiger partial charge in [-0.3, -0.25) is 14.4 Å². The van der Waals surface area contributed by atoms with Crippen LogP contribution in [0.2, 0.25) is 66.5 Å². The van der Waals surface area contributed by atoms with Crippen LogP contribution >= 0.6 is 0 Å². The number of rotatable bonds is 50. The van der Waals surface area contributed by atoms with Crippen LogP contribution < -0.4 is 15.6 Å². The summed E-state index contributed by atoms with van der Waals surface area (Å²) in [5, 5.41) is 72.5. The number of ether oxygens (including phenoxy) is 17. The molecular weight excluding hydrogens is 2020 g/mol. The highest BCUT2D eigenvalue weighted by Gasteiger charge is 2.31. The van der Waals surface area contributed by atoms with Gasteiger partial charge in [0.05, 0.1) is 70.7 Å². The maximum atomic E-state index is 10.8. The molecule has 1 aliphatic carbocycles. The van der Waals surface area contributed by atoms with E-state index < -0.39 is 24.4 Å². The van der Waals surface area contributed by atoms with Crippen molar-refractivity contribution in [1.82, 2.24) is 0 Å². The lowest BCUT2D eigenvalue weighted by Gasteiger charge is -2.32. The van der Waals surface area contributed by atoms with E-state index in [-0.39, 0.29) is 93.7 Å². The van der Waals surface area contributed by atoms with E-state index in [1.165, 1.54) is 318 Å². The fourth-order valence-electron chi connectivity index (χ4n) is 9.93. The maximum absolute atomic E-state index is 10.8. The minimum absolute atomic E-state index is 0.0294. The van der Waals surface area contributed by atoms with Crippen LogP contribution in [-0.4, -0.2) is 431 Å². The quantitative estimate of drug-likeness (QED) is 0.00992. The summed E-state index contributed by atoms with van der Waals surface area (Å²) in [6.45, 7) is 29.4. The van der Waals surface area contributed by atoms with Crippen LogP contribution in [-0.2, 0) is 94.9 Å². The number of aliphatic hydroxyl groups is 8. The first-order chi connectivity index (χ1) is 67.0. The van der Waals surface area contributed by atoms with E-state index in [2.05, 4.69) is 133 Å². The van der Waals surface area contributed by atoms with Gasteiger partial charge < -0.3 is 121 Å².